The minimum Gasteiger partial charge on any atom is -0.508 e. The average Bonchev–Trinajstić information content (AvgIpc) is 3.08. The predicted octanol–water partition coefficient (Wildman–Crippen LogP) is 9.08. The number of methoxy groups -OCH3 is 2. The van der Waals surface area contributed by atoms with Gasteiger partial charge in [-0.05, 0) is 102 Å². The Morgan fingerprint density at radius 2 is 1.40 bits per heavy atom. The van der Waals surface area contributed by atoms with E-state index in [1.807, 2.05) is 58.0 Å². The Hall–Kier alpha value is -5.24. The fourth-order valence-electron chi connectivity index (χ4n) is 6.72. The number of phenols is 5. The number of ether oxygens (including phenoxy) is 3. The molecular formula is C42H48O8. The van der Waals surface area contributed by atoms with Crippen LogP contribution in [0.4, 0.5) is 0 Å². The Bertz CT molecular complexity index is 1910. The molecule has 0 amide bonds. The van der Waals surface area contributed by atoms with Gasteiger partial charge in [-0.15, -0.1) is 0 Å². The molecule has 0 radical (unpaired) electrons. The van der Waals surface area contributed by atoms with E-state index in [0.29, 0.717) is 65.7 Å². The number of fused-ring (bicyclic) bond motifs is 1. The third-order valence-electron chi connectivity index (χ3n) is 9.42. The van der Waals surface area contributed by atoms with Crippen molar-refractivity contribution >= 4 is 0 Å². The molecule has 4 aromatic carbocycles. The second kappa shape index (κ2) is 15.5. The van der Waals surface area contributed by atoms with Gasteiger partial charge in [0.05, 0.1) is 14.2 Å². The monoisotopic (exact) mass is 680 g/mol. The third-order valence-corrected chi connectivity index (χ3v) is 9.42. The minimum atomic E-state index is -0.582. The molecule has 4 aromatic rings. The number of hydrogen-bond acceptors (Lipinski definition) is 8. The Balaban J connectivity index is 1.55. The molecule has 0 aromatic heterocycles. The lowest BCUT2D eigenvalue weighted by Gasteiger charge is -2.30. The SMILES string of the molecule is COc1ccc(CC[C@H](c2ccc(O)cc2O)c2cc([C@H]3CCc4ccc(OC)c(CC=C(C)C)c4O3)c(O)cc2O)c(O)c1CC=C(C)C. The highest BCUT2D eigenvalue weighted by Crippen LogP contribution is 2.47. The van der Waals surface area contributed by atoms with Crippen molar-refractivity contribution in [3.05, 3.63) is 117 Å². The summed E-state index contributed by atoms with van der Waals surface area (Å²) in [7, 11) is 3.21. The summed E-state index contributed by atoms with van der Waals surface area (Å²) in [6.45, 7) is 8.09. The number of rotatable bonds is 12. The van der Waals surface area contributed by atoms with Crippen molar-refractivity contribution in [3.63, 3.8) is 0 Å². The molecule has 8 heteroatoms. The summed E-state index contributed by atoms with van der Waals surface area (Å²) >= 11 is 0. The Morgan fingerprint density at radius 1 is 0.760 bits per heavy atom. The van der Waals surface area contributed by atoms with E-state index in [2.05, 4.69) is 6.08 Å². The van der Waals surface area contributed by atoms with Crippen LogP contribution in [0.1, 0.15) is 91.5 Å². The standard InChI is InChI=1S/C42H48O8/c1-24(2)7-14-31-38(48-5)18-10-26(41(31)47)9-16-29(30-17-13-28(43)21-35(30)44)33-22-34(37(46)23-36(33)45)40-20-12-27-11-19-39(49-6)32(42(27)50-40)15-8-25(3)4/h7-8,10-11,13,17-19,21-23,29,40,43-47H,9,12,14-16,20H2,1-6H3/t29-,40-/m1/s1. The maximum Gasteiger partial charge on any atom is 0.130 e. The summed E-state index contributed by atoms with van der Waals surface area (Å²) in [5.74, 6) is 1.14. The summed E-state index contributed by atoms with van der Waals surface area (Å²) < 4.78 is 17.9. The van der Waals surface area contributed by atoms with Crippen LogP contribution in [0, 0.1) is 0 Å². The summed E-state index contributed by atoms with van der Waals surface area (Å²) in [4.78, 5) is 0. The fraction of sp³-hybridized carbons (Fsp3) is 0.333. The molecule has 1 heterocycles. The molecule has 0 saturated carbocycles. The van der Waals surface area contributed by atoms with Crippen LogP contribution in [0.25, 0.3) is 0 Å². The van der Waals surface area contributed by atoms with Crippen molar-refractivity contribution in [2.75, 3.05) is 14.2 Å². The van der Waals surface area contributed by atoms with Gasteiger partial charge in [0.25, 0.3) is 0 Å². The molecule has 0 saturated heterocycles. The lowest BCUT2D eigenvalue weighted by atomic mass is 9.83. The smallest absolute Gasteiger partial charge is 0.130 e. The molecule has 264 valence electrons. The zero-order valence-electron chi connectivity index (χ0n) is 29.7. The number of aromatic hydroxyl groups is 5. The van der Waals surface area contributed by atoms with Crippen molar-refractivity contribution < 1.29 is 39.7 Å². The number of phenolic OH excluding ortho intramolecular Hbond substituents is 5. The molecule has 1 aliphatic heterocycles. The van der Waals surface area contributed by atoms with Gasteiger partial charge in [0.15, 0.2) is 0 Å². The summed E-state index contributed by atoms with van der Waals surface area (Å²) in [5, 5.41) is 55.1. The molecule has 0 aliphatic carbocycles. The number of benzene rings is 4. The number of aryl methyl sites for hydroxylation is 2. The van der Waals surface area contributed by atoms with Crippen molar-refractivity contribution in [1.29, 1.82) is 0 Å². The van der Waals surface area contributed by atoms with Gasteiger partial charge in [0.1, 0.15) is 52.1 Å². The van der Waals surface area contributed by atoms with Crippen molar-refractivity contribution in [1.82, 2.24) is 0 Å². The maximum absolute atomic E-state index is 11.4. The van der Waals surface area contributed by atoms with Crippen LogP contribution in [0.2, 0.25) is 0 Å². The number of allylic oxidation sites excluding steroid dienone is 4. The number of hydrogen-bond donors (Lipinski definition) is 5. The molecule has 5 rings (SSSR count). The largest absolute Gasteiger partial charge is 0.508 e. The molecule has 0 bridgehead atoms. The van der Waals surface area contributed by atoms with E-state index in [0.717, 1.165) is 34.6 Å². The van der Waals surface area contributed by atoms with E-state index >= 15 is 0 Å². The lowest BCUT2D eigenvalue weighted by molar-refractivity contribution is 0.170. The highest BCUT2D eigenvalue weighted by molar-refractivity contribution is 5.56. The van der Waals surface area contributed by atoms with Crippen LogP contribution >= 0.6 is 0 Å². The van der Waals surface area contributed by atoms with Gasteiger partial charge in [-0.2, -0.15) is 0 Å². The summed E-state index contributed by atoms with van der Waals surface area (Å²) in [6.07, 6.45) is 6.85. The normalized spacial score (nSPS) is 14.2. The van der Waals surface area contributed by atoms with E-state index in [4.69, 9.17) is 14.2 Å². The van der Waals surface area contributed by atoms with E-state index in [-0.39, 0.29) is 28.7 Å². The van der Waals surface area contributed by atoms with Crippen LogP contribution in [0.5, 0.6) is 46.0 Å². The Labute approximate surface area is 294 Å². The zero-order valence-corrected chi connectivity index (χ0v) is 29.7. The topological polar surface area (TPSA) is 129 Å². The molecule has 0 fully saturated rings. The van der Waals surface area contributed by atoms with Gasteiger partial charge in [0.2, 0.25) is 0 Å². The van der Waals surface area contributed by atoms with E-state index in [9.17, 15) is 25.5 Å². The van der Waals surface area contributed by atoms with Crippen LogP contribution in [-0.2, 0) is 25.7 Å². The van der Waals surface area contributed by atoms with E-state index in [1.165, 1.54) is 23.8 Å². The van der Waals surface area contributed by atoms with E-state index in [1.54, 1.807) is 26.4 Å². The minimum absolute atomic E-state index is 0.0917. The molecule has 1 aliphatic rings. The first-order valence-electron chi connectivity index (χ1n) is 17.0. The second-order valence-corrected chi connectivity index (χ2v) is 13.4. The van der Waals surface area contributed by atoms with Crippen LogP contribution < -0.4 is 14.2 Å². The van der Waals surface area contributed by atoms with Gasteiger partial charge in [-0.3, -0.25) is 0 Å². The molecule has 50 heavy (non-hydrogen) atoms. The molecule has 5 N–H and O–H groups in total. The fourth-order valence-corrected chi connectivity index (χ4v) is 6.72. The quantitative estimate of drug-likeness (QED) is 0.0938. The van der Waals surface area contributed by atoms with E-state index < -0.39 is 12.0 Å². The molecular weight excluding hydrogens is 632 g/mol. The highest BCUT2D eigenvalue weighted by Gasteiger charge is 2.30. The highest BCUT2D eigenvalue weighted by atomic mass is 16.5. The van der Waals surface area contributed by atoms with Crippen molar-refractivity contribution in [3.8, 4) is 46.0 Å². The summed E-state index contributed by atoms with van der Waals surface area (Å²) in [6, 6.07) is 15.1. The van der Waals surface area contributed by atoms with Gasteiger partial charge >= 0.3 is 0 Å². The molecule has 2 atom stereocenters. The van der Waals surface area contributed by atoms with Crippen LogP contribution in [0.15, 0.2) is 77.9 Å². The van der Waals surface area contributed by atoms with Crippen LogP contribution in [-0.4, -0.2) is 39.8 Å². The zero-order chi connectivity index (χ0) is 36.1. The van der Waals surface area contributed by atoms with Crippen molar-refractivity contribution in [2.24, 2.45) is 0 Å². The first kappa shape index (κ1) is 36.1. The predicted molar refractivity (Wildman–Crippen MR) is 195 cm³/mol. The van der Waals surface area contributed by atoms with Gasteiger partial charge in [0, 0.05) is 45.9 Å². The molecule has 0 spiro atoms. The Kier molecular flexibility index (Phi) is 11.2. The third kappa shape index (κ3) is 7.80. The first-order chi connectivity index (χ1) is 23.9. The Morgan fingerprint density at radius 3 is 2.06 bits per heavy atom. The average molecular weight is 681 g/mol. The first-order valence-corrected chi connectivity index (χ1v) is 17.0. The van der Waals surface area contributed by atoms with Crippen molar-refractivity contribution in [2.45, 2.75) is 78.2 Å². The summed E-state index contributed by atoms with van der Waals surface area (Å²) in [5.41, 5.74) is 7.13. The van der Waals surface area contributed by atoms with Gasteiger partial charge in [-0.1, -0.05) is 41.5 Å². The van der Waals surface area contributed by atoms with Gasteiger partial charge < -0.3 is 39.7 Å². The second-order valence-electron chi connectivity index (χ2n) is 13.4. The maximum atomic E-state index is 11.4. The lowest BCUT2D eigenvalue weighted by Crippen LogP contribution is -2.18. The van der Waals surface area contributed by atoms with Gasteiger partial charge in [-0.25, -0.2) is 0 Å². The molecule has 8 nitrogen and oxygen atoms in total. The molecule has 0 unspecified atom stereocenters. The van der Waals surface area contributed by atoms with Crippen LogP contribution in [0.3, 0.4) is 0 Å².